The molecule has 126 valence electrons. The molecule has 0 atom stereocenters. The molecule has 8 nitrogen and oxygen atoms in total. The van der Waals surface area contributed by atoms with E-state index >= 15 is 0 Å². The van der Waals surface area contributed by atoms with E-state index in [1.807, 2.05) is 6.07 Å². The van der Waals surface area contributed by atoms with Crippen molar-refractivity contribution in [3.8, 4) is 23.0 Å². The molecule has 3 aromatic rings. The maximum Gasteiger partial charge on any atom is 0.232 e. The molecule has 1 amide bonds. The third kappa shape index (κ3) is 3.14. The number of oxazole rings is 1. The molecule has 0 unspecified atom stereocenters. The first-order chi connectivity index (χ1) is 12.2. The lowest BCUT2D eigenvalue weighted by molar-refractivity contribution is -0.115. The summed E-state index contributed by atoms with van der Waals surface area (Å²) in [6.45, 7) is 1.97. The van der Waals surface area contributed by atoms with Gasteiger partial charge in [0, 0.05) is 18.0 Å². The van der Waals surface area contributed by atoms with E-state index in [1.165, 1.54) is 0 Å². The number of carbonyl (C=O) groups is 1. The van der Waals surface area contributed by atoms with Crippen LogP contribution in [0.4, 0.5) is 5.95 Å². The number of aryl methyl sites for hydroxylation is 1. The molecule has 25 heavy (non-hydrogen) atoms. The molecule has 0 radical (unpaired) electrons. The van der Waals surface area contributed by atoms with E-state index in [2.05, 4.69) is 20.3 Å². The van der Waals surface area contributed by atoms with Crippen molar-refractivity contribution < 1.29 is 18.7 Å². The Morgan fingerprint density at radius 1 is 1.20 bits per heavy atom. The summed E-state index contributed by atoms with van der Waals surface area (Å²) in [6, 6.07) is 7.11. The van der Waals surface area contributed by atoms with Crippen molar-refractivity contribution in [3.05, 3.63) is 48.1 Å². The minimum Gasteiger partial charge on any atom is -0.454 e. The van der Waals surface area contributed by atoms with E-state index in [1.54, 1.807) is 37.5 Å². The number of amides is 1. The molecule has 0 spiro atoms. The second kappa shape index (κ2) is 6.23. The zero-order valence-corrected chi connectivity index (χ0v) is 13.4. The maximum absolute atomic E-state index is 12.1. The molecular weight excluding hydrogens is 324 g/mol. The van der Waals surface area contributed by atoms with Crippen LogP contribution in [0.5, 0.6) is 11.5 Å². The third-order valence-electron chi connectivity index (χ3n) is 3.66. The average Bonchev–Trinajstić information content (AvgIpc) is 3.22. The van der Waals surface area contributed by atoms with Gasteiger partial charge in [-0.1, -0.05) is 0 Å². The Labute approximate surface area is 142 Å². The molecule has 0 aliphatic carbocycles. The topological polar surface area (TPSA) is 99.4 Å². The molecule has 1 aliphatic heterocycles. The summed E-state index contributed by atoms with van der Waals surface area (Å²) >= 11 is 0. The van der Waals surface area contributed by atoms with Gasteiger partial charge in [0.2, 0.25) is 24.5 Å². The van der Waals surface area contributed by atoms with Gasteiger partial charge < -0.3 is 13.9 Å². The Kier molecular flexibility index (Phi) is 3.77. The SMILES string of the molecule is Cc1oc(-c2ccc3c(c2)OCO3)nc1CC(=O)Nc1ncccn1. The van der Waals surface area contributed by atoms with Crippen molar-refractivity contribution in [2.24, 2.45) is 0 Å². The normalized spacial score (nSPS) is 12.2. The molecule has 8 heteroatoms. The lowest BCUT2D eigenvalue weighted by Crippen LogP contribution is -2.16. The van der Waals surface area contributed by atoms with Gasteiger partial charge in [0.25, 0.3) is 0 Å². The molecule has 0 saturated carbocycles. The smallest absolute Gasteiger partial charge is 0.232 e. The number of nitrogens with zero attached hydrogens (tertiary/aromatic N) is 3. The van der Waals surface area contributed by atoms with Crippen LogP contribution in [0.2, 0.25) is 0 Å². The van der Waals surface area contributed by atoms with Crippen LogP contribution >= 0.6 is 0 Å². The first-order valence-electron chi connectivity index (χ1n) is 7.62. The number of carbonyl (C=O) groups excluding carboxylic acids is 1. The number of hydrogen-bond acceptors (Lipinski definition) is 7. The van der Waals surface area contributed by atoms with Crippen LogP contribution in [0.25, 0.3) is 11.5 Å². The van der Waals surface area contributed by atoms with Crippen molar-refractivity contribution in [2.75, 3.05) is 12.1 Å². The summed E-state index contributed by atoms with van der Waals surface area (Å²) in [5.41, 5.74) is 1.31. The predicted octanol–water partition coefficient (Wildman–Crippen LogP) is 2.35. The van der Waals surface area contributed by atoms with Crippen molar-refractivity contribution in [1.82, 2.24) is 15.0 Å². The first-order valence-corrected chi connectivity index (χ1v) is 7.62. The Balaban J connectivity index is 1.51. The summed E-state index contributed by atoms with van der Waals surface area (Å²) in [5.74, 6) is 2.33. The van der Waals surface area contributed by atoms with E-state index in [0.29, 0.717) is 28.8 Å². The Morgan fingerprint density at radius 3 is 2.84 bits per heavy atom. The van der Waals surface area contributed by atoms with Crippen LogP contribution < -0.4 is 14.8 Å². The largest absolute Gasteiger partial charge is 0.454 e. The zero-order valence-electron chi connectivity index (χ0n) is 13.4. The Bertz CT molecular complexity index is 924. The molecule has 1 N–H and O–H groups in total. The highest BCUT2D eigenvalue weighted by atomic mass is 16.7. The summed E-state index contributed by atoms with van der Waals surface area (Å²) in [4.78, 5) is 24.5. The Hall–Kier alpha value is -3.42. The van der Waals surface area contributed by atoms with Gasteiger partial charge in [-0.05, 0) is 31.2 Å². The minimum absolute atomic E-state index is 0.0676. The van der Waals surface area contributed by atoms with Crippen LogP contribution in [-0.2, 0) is 11.2 Å². The van der Waals surface area contributed by atoms with Gasteiger partial charge in [-0.15, -0.1) is 0 Å². The molecule has 2 aromatic heterocycles. The minimum atomic E-state index is -0.264. The average molecular weight is 338 g/mol. The van der Waals surface area contributed by atoms with Crippen LogP contribution in [0.3, 0.4) is 0 Å². The van der Waals surface area contributed by atoms with Gasteiger partial charge in [0.15, 0.2) is 11.5 Å². The molecule has 0 fully saturated rings. The molecule has 0 bridgehead atoms. The number of fused-ring (bicyclic) bond motifs is 1. The number of rotatable bonds is 4. The number of anilines is 1. The van der Waals surface area contributed by atoms with E-state index in [-0.39, 0.29) is 25.1 Å². The van der Waals surface area contributed by atoms with Crippen LogP contribution in [-0.4, -0.2) is 27.7 Å². The van der Waals surface area contributed by atoms with Crippen molar-refractivity contribution >= 4 is 11.9 Å². The molecule has 4 rings (SSSR count). The predicted molar refractivity (Wildman–Crippen MR) is 87.2 cm³/mol. The molecule has 3 heterocycles. The highest BCUT2D eigenvalue weighted by molar-refractivity contribution is 5.90. The summed E-state index contributed by atoms with van der Waals surface area (Å²) in [5, 5.41) is 2.62. The molecular formula is C17H14N4O4. The highest BCUT2D eigenvalue weighted by Crippen LogP contribution is 2.36. The summed E-state index contributed by atoms with van der Waals surface area (Å²) in [7, 11) is 0. The van der Waals surface area contributed by atoms with Gasteiger partial charge in [-0.25, -0.2) is 15.0 Å². The number of benzene rings is 1. The number of ether oxygens (including phenoxy) is 2. The first kappa shape index (κ1) is 15.1. The quantitative estimate of drug-likeness (QED) is 0.779. The van der Waals surface area contributed by atoms with E-state index in [4.69, 9.17) is 13.9 Å². The monoisotopic (exact) mass is 338 g/mol. The van der Waals surface area contributed by atoms with Gasteiger partial charge in [0.1, 0.15) is 5.76 Å². The zero-order chi connectivity index (χ0) is 17.2. The number of aromatic nitrogens is 3. The van der Waals surface area contributed by atoms with Crippen LogP contribution in [0.1, 0.15) is 11.5 Å². The standard InChI is InChI=1S/C17H14N4O4/c1-10-12(8-15(22)21-17-18-5-2-6-19-17)20-16(25-10)11-3-4-13-14(7-11)24-9-23-13/h2-7H,8-9H2,1H3,(H,18,19,21,22). The maximum atomic E-state index is 12.1. The van der Waals surface area contributed by atoms with Crippen molar-refractivity contribution in [1.29, 1.82) is 0 Å². The van der Waals surface area contributed by atoms with Gasteiger partial charge in [-0.2, -0.15) is 0 Å². The third-order valence-corrected chi connectivity index (χ3v) is 3.66. The Morgan fingerprint density at radius 2 is 2.00 bits per heavy atom. The summed E-state index contributed by atoms with van der Waals surface area (Å²) < 4.78 is 16.3. The van der Waals surface area contributed by atoms with E-state index in [0.717, 1.165) is 5.56 Å². The lowest BCUT2D eigenvalue weighted by Gasteiger charge is -2.01. The van der Waals surface area contributed by atoms with Crippen LogP contribution in [0.15, 0.2) is 41.1 Å². The van der Waals surface area contributed by atoms with Gasteiger partial charge in [0.05, 0.1) is 12.1 Å². The van der Waals surface area contributed by atoms with Crippen molar-refractivity contribution in [3.63, 3.8) is 0 Å². The van der Waals surface area contributed by atoms with Crippen LogP contribution in [0, 0.1) is 6.92 Å². The summed E-state index contributed by atoms with van der Waals surface area (Å²) in [6.07, 6.45) is 3.18. The van der Waals surface area contributed by atoms with Crippen molar-refractivity contribution in [2.45, 2.75) is 13.3 Å². The van der Waals surface area contributed by atoms with Gasteiger partial charge >= 0.3 is 0 Å². The fourth-order valence-corrected chi connectivity index (χ4v) is 2.43. The second-order valence-corrected chi connectivity index (χ2v) is 5.39. The number of hydrogen-bond donors (Lipinski definition) is 1. The highest BCUT2D eigenvalue weighted by Gasteiger charge is 2.19. The van der Waals surface area contributed by atoms with E-state index in [9.17, 15) is 4.79 Å². The molecule has 1 aliphatic rings. The van der Waals surface area contributed by atoms with E-state index < -0.39 is 0 Å². The number of nitrogens with one attached hydrogen (secondary N) is 1. The van der Waals surface area contributed by atoms with Gasteiger partial charge in [-0.3, -0.25) is 10.1 Å². The fraction of sp³-hybridized carbons (Fsp3) is 0.176. The fourth-order valence-electron chi connectivity index (χ4n) is 2.43. The second-order valence-electron chi connectivity index (χ2n) is 5.39. The molecule has 0 saturated heterocycles. The molecule has 1 aromatic carbocycles. The lowest BCUT2D eigenvalue weighted by atomic mass is 10.2.